The van der Waals surface area contributed by atoms with Crippen molar-refractivity contribution < 1.29 is 4.79 Å². The summed E-state index contributed by atoms with van der Waals surface area (Å²) in [5, 5.41) is 13.0. The van der Waals surface area contributed by atoms with E-state index in [2.05, 4.69) is 30.1 Å². The maximum absolute atomic E-state index is 12.1. The number of anilines is 2. The van der Waals surface area contributed by atoms with Gasteiger partial charge in [-0.3, -0.25) is 4.79 Å². The molecule has 1 rings (SSSR count). The van der Waals surface area contributed by atoms with Gasteiger partial charge in [-0.05, 0) is 19.3 Å². The van der Waals surface area contributed by atoms with Crippen LogP contribution in [0.2, 0.25) is 0 Å². The van der Waals surface area contributed by atoms with E-state index in [0.717, 1.165) is 24.5 Å². The Morgan fingerprint density at radius 2 is 2.14 bits per heavy atom. The first-order chi connectivity index (χ1) is 9.96. The number of carbonyl (C=O) groups is 1. The lowest BCUT2D eigenvalue weighted by molar-refractivity contribution is 0.0958. The third-order valence-electron chi connectivity index (χ3n) is 3.03. The molecule has 0 aliphatic rings. The van der Waals surface area contributed by atoms with Gasteiger partial charge in [-0.25, -0.2) is 0 Å². The number of amides is 1. The number of nitriles is 1. The molecule has 0 saturated carbocycles. The molecule has 116 valence electrons. The zero-order valence-electron chi connectivity index (χ0n) is 13.2. The highest BCUT2D eigenvalue weighted by molar-refractivity contribution is 7.19. The summed E-state index contributed by atoms with van der Waals surface area (Å²) in [6.45, 7) is 10.5. The molecule has 21 heavy (non-hydrogen) atoms. The molecule has 6 heteroatoms. The van der Waals surface area contributed by atoms with Gasteiger partial charge in [0, 0.05) is 19.6 Å². The van der Waals surface area contributed by atoms with Crippen molar-refractivity contribution in [2.45, 2.75) is 34.1 Å². The third-order valence-corrected chi connectivity index (χ3v) is 4.30. The van der Waals surface area contributed by atoms with Crippen molar-refractivity contribution in [1.82, 2.24) is 5.32 Å². The fraction of sp³-hybridized carbons (Fsp3) is 0.600. The summed E-state index contributed by atoms with van der Waals surface area (Å²) >= 11 is 1.31. The molecule has 0 aliphatic carbocycles. The van der Waals surface area contributed by atoms with Gasteiger partial charge in [-0.15, -0.1) is 11.3 Å². The summed E-state index contributed by atoms with van der Waals surface area (Å²) < 4.78 is 0. The van der Waals surface area contributed by atoms with Crippen molar-refractivity contribution in [3.05, 3.63) is 10.4 Å². The minimum absolute atomic E-state index is 0.192. The van der Waals surface area contributed by atoms with E-state index < -0.39 is 0 Å². The Kier molecular flexibility index (Phi) is 6.50. The zero-order valence-corrected chi connectivity index (χ0v) is 14.0. The third kappa shape index (κ3) is 4.11. The second-order valence-electron chi connectivity index (χ2n) is 5.33. The summed E-state index contributed by atoms with van der Waals surface area (Å²) in [6, 6.07) is 2.15. The SMILES string of the molecule is CCCNC(=O)c1sc(N(CC)CC(C)C)c(C#N)c1N. The first kappa shape index (κ1) is 17.3. The molecule has 0 fully saturated rings. The molecule has 0 radical (unpaired) electrons. The van der Waals surface area contributed by atoms with E-state index in [0.29, 0.717) is 28.6 Å². The average Bonchev–Trinajstić information content (AvgIpc) is 2.78. The number of thiophene rings is 1. The molecule has 0 aromatic carbocycles. The quantitative estimate of drug-likeness (QED) is 0.811. The predicted octanol–water partition coefficient (Wildman–Crippen LogP) is 2.82. The van der Waals surface area contributed by atoms with Crippen LogP contribution in [0, 0.1) is 17.2 Å². The minimum Gasteiger partial charge on any atom is -0.396 e. The van der Waals surface area contributed by atoms with E-state index in [-0.39, 0.29) is 5.91 Å². The lowest BCUT2D eigenvalue weighted by Gasteiger charge is -2.23. The molecule has 3 N–H and O–H groups in total. The van der Waals surface area contributed by atoms with Crippen LogP contribution in [0.25, 0.3) is 0 Å². The number of nitrogens with two attached hydrogens (primary N) is 1. The molecule has 0 spiro atoms. The van der Waals surface area contributed by atoms with Crippen LogP contribution in [0.3, 0.4) is 0 Å². The van der Waals surface area contributed by atoms with Crippen molar-refractivity contribution >= 4 is 27.9 Å². The number of hydrogen-bond acceptors (Lipinski definition) is 5. The van der Waals surface area contributed by atoms with E-state index in [1.54, 1.807) is 0 Å². The smallest absolute Gasteiger partial charge is 0.263 e. The van der Waals surface area contributed by atoms with Gasteiger partial charge in [0.1, 0.15) is 21.5 Å². The predicted molar refractivity (Wildman–Crippen MR) is 88.8 cm³/mol. The summed E-state index contributed by atoms with van der Waals surface area (Å²) in [6.07, 6.45) is 0.865. The average molecular weight is 308 g/mol. The van der Waals surface area contributed by atoms with Crippen molar-refractivity contribution in [2.75, 3.05) is 30.3 Å². The molecule has 1 amide bonds. The van der Waals surface area contributed by atoms with Crippen LogP contribution < -0.4 is 16.0 Å². The van der Waals surface area contributed by atoms with E-state index >= 15 is 0 Å². The van der Waals surface area contributed by atoms with Gasteiger partial charge < -0.3 is 16.0 Å². The van der Waals surface area contributed by atoms with Gasteiger partial charge in [0.25, 0.3) is 5.91 Å². The van der Waals surface area contributed by atoms with Crippen molar-refractivity contribution in [1.29, 1.82) is 5.26 Å². The topological polar surface area (TPSA) is 82.2 Å². The number of hydrogen-bond donors (Lipinski definition) is 2. The lowest BCUT2D eigenvalue weighted by atomic mass is 10.2. The minimum atomic E-state index is -0.192. The monoisotopic (exact) mass is 308 g/mol. The van der Waals surface area contributed by atoms with Crippen LogP contribution in [-0.2, 0) is 0 Å². The van der Waals surface area contributed by atoms with Gasteiger partial charge in [-0.2, -0.15) is 5.26 Å². The Morgan fingerprint density at radius 1 is 1.48 bits per heavy atom. The Balaban J connectivity index is 3.16. The Bertz CT molecular complexity index is 531. The summed E-state index contributed by atoms with van der Waals surface area (Å²) in [7, 11) is 0. The van der Waals surface area contributed by atoms with Crippen LogP contribution in [0.1, 0.15) is 49.4 Å². The molecule has 1 aromatic rings. The maximum Gasteiger partial charge on any atom is 0.263 e. The first-order valence-corrected chi connectivity index (χ1v) is 8.13. The summed E-state index contributed by atoms with van der Waals surface area (Å²) in [5.41, 5.74) is 6.73. The van der Waals surface area contributed by atoms with Gasteiger partial charge in [0.05, 0.1) is 5.69 Å². The molecule has 0 saturated heterocycles. The van der Waals surface area contributed by atoms with Gasteiger partial charge in [-0.1, -0.05) is 20.8 Å². The van der Waals surface area contributed by atoms with Crippen LogP contribution in [0.15, 0.2) is 0 Å². The first-order valence-electron chi connectivity index (χ1n) is 7.31. The van der Waals surface area contributed by atoms with Gasteiger partial charge in [0.2, 0.25) is 0 Å². The fourth-order valence-electron chi connectivity index (χ4n) is 2.05. The lowest BCUT2D eigenvalue weighted by Crippen LogP contribution is -2.27. The molecule has 1 aromatic heterocycles. The van der Waals surface area contributed by atoms with E-state index in [1.807, 2.05) is 13.8 Å². The largest absolute Gasteiger partial charge is 0.396 e. The molecule has 0 bridgehead atoms. The van der Waals surface area contributed by atoms with Crippen LogP contribution in [-0.4, -0.2) is 25.5 Å². The second-order valence-corrected chi connectivity index (χ2v) is 6.32. The molecular weight excluding hydrogens is 284 g/mol. The van der Waals surface area contributed by atoms with E-state index in [4.69, 9.17) is 5.73 Å². The van der Waals surface area contributed by atoms with E-state index in [1.165, 1.54) is 11.3 Å². The summed E-state index contributed by atoms with van der Waals surface area (Å²) in [4.78, 5) is 14.7. The summed E-state index contributed by atoms with van der Waals surface area (Å²) in [5.74, 6) is 0.278. The Morgan fingerprint density at radius 3 is 2.62 bits per heavy atom. The highest BCUT2D eigenvalue weighted by Crippen LogP contribution is 2.38. The molecular formula is C15H24N4OS. The number of carbonyl (C=O) groups excluding carboxylic acids is 1. The Labute approximate surface area is 130 Å². The normalized spacial score (nSPS) is 10.5. The molecule has 0 aliphatic heterocycles. The van der Waals surface area contributed by atoms with Crippen LogP contribution >= 0.6 is 11.3 Å². The van der Waals surface area contributed by atoms with Crippen LogP contribution in [0.5, 0.6) is 0 Å². The van der Waals surface area contributed by atoms with Gasteiger partial charge >= 0.3 is 0 Å². The number of nitrogens with one attached hydrogen (secondary N) is 1. The maximum atomic E-state index is 12.1. The molecule has 5 nitrogen and oxygen atoms in total. The molecule has 0 unspecified atom stereocenters. The van der Waals surface area contributed by atoms with Crippen molar-refractivity contribution in [2.24, 2.45) is 5.92 Å². The number of nitrogens with zero attached hydrogens (tertiary/aromatic N) is 2. The molecule has 0 atom stereocenters. The number of rotatable bonds is 7. The Hall–Kier alpha value is -1.74. The fourth-order valence-corrected chi connectivity index (χ4v) is 3.21. The van der Waals surface area contributed by atoms with E-state index in [9.17, 15) is 10.1 Å². The van der Waals surface area contributed by atoms with Crippen LogP contribution in [0.4, 0.5) is 10.7 Å². The zero-order chi connectivity index (χ0) is 16.0. The second kappa shape index (κ2) is 7.89. The molecule has 1 heterocycles. The number of nitrogen functional groups attached to an aromatic ring is 1. The highest BCUT2D eigenvalue weighted by Gasteiger charge is 2.24. The van der Waals surface area contributed by atoms with Crippen molar-refractivity contribution in [3.8, 4) is 6.07 Å². The highest BCUT2D eigenvalue weighted by atomic mass is 32.1. The van der Waals surface area contributed by atoms with Crippen molar-refractivity contribution in [3.63, 3.8) is 0 Å². The standard InChI is InChI=1S/C15H24N4OS/c1-5-7-18-14(20)13-12(17)11(8-16)15(21-13)19(6-2)9-10(3)4/h10H,5-7,9,17H2,1-4H3,(H,18,20). The van der Waals surface area contributed by atoms with Gasteiger partial charge in [0.15, 0.2) is 0 Å².